The topological polar surface area (TPSA) is 81.1 Å². The monoisotopic (exact) mass is 258 g/mol. The van der Waals surface area contributed by atoms with Crippen LogP contribution in [0.25, 0.3) is 0 Å². The van der Waals surface area contributed by atoms with Crippen molar-refractivity contribution in [1.82, 2.24) is 9.80 Å². The highest BCUT2D eigenvalue weighted by atomic mass is 16.4. The van der Waals surface area contributed by atoms with Crippen molar-refractivity contribution in [2.75, 3.05) is 20.1 Å². The summed E-state index contributed by atoms with van der Waals surface area (Å²) in [6.45, 7) is 4.27. The molecule has 1 rings (SSSR count). The average Bonchev–Trinajstić information content (AvgIpc) is 2.47. The van der Waals surface area contributed by atoms with Crippen molar-refractivity contribution in [3.8, 4) is 0 Å². The summed E-state index contributed by atoms with van der Waals surface area (Å²) >= 11 is 0. The molecule has 1 aliphatic heterocycles. The quantitative estimate of drug-likeness (QED) is 0.765. The fraction of sp³-hybridized carbons (Fsp3) is 0.833. The number of hydrogen-bond donors (Lipinski definition) is 2. The predicted molar refractivity (Wildman–Crippen MR) is 66.3 cm³/mol. The van der Waals surface area contributed by atoms with Crippen LogP contribution < -0.4 is 0 Å². The summed E-state index contributed by atoms with van der Waals surface area (Å²) in [5, 5.41) is 18.8. The second-order valence-electron chi connectivity index (χ2n) is 5.25. The molecule has 0 spiro atoms. The molecule has 2 amide bonds. The van der Waals surface area contributed by atoms with Gasteiger partial charge in [0.25, 0.3) is 0 Å². The number of hydrogen-bond acceptors (Lipinski definition) is 3. The van der Waals surface area contributed by atoms with Gasteiger partial charge in [0.2, 0.25) is 0 Å². The van der Waals surface area contributed by atoms with Crippen molar-refractivity contribution in [2.24, 2.45) is 0 Å². The van der Waals surface area contributed by atoms with E-state index in [-0.39, 0.29) is 6.03 Å². The predicted octanol–water partition coefficient (Wildman–Crippen LogP) is 0.748. The Morgan fingerprint density at radius 3 is 2.50 bits per heavy atom. The maximum atomic E-state index is 12.1. The molecule has 104 valence electrons. The summed E-state index contributed by atoms with van der Waals surface area (Å²) in [4.78, 5) is 25.8. The third-order valence-electron chi connectivity index (χ3n) is 3.57. The van der Waals surface area contributed by atoms with Gasteiger partial charge in [0.1, 0.15) is 6.04 Å². The Hall–Kier alpha value is -1.30. The zero-order valence-corrected chi connectivity index (χ0v) is 11.2. The summed E-state index contributed by atoms with van der Waals surface area (Å²) in [6, 6.07) is -1.14. The van der Waals surface area contributed by atoms with E-state index in [1.165, 1.54) is 18.9 Å². The number of nitrogens with zero attached hydrogens (tertiary/aromatic N) is 2. The molecule has 2 atom stereocenters. The van der Waals surface area contributed by atoms with Gasteiger partial charge in [-0.25, -0.2) is 9.59 Å². The second kappa shape index (κ2) is 5.56. The van der Waals surface area contributed by atoms with Crippen molar-refractivity contribution in [1.29, 1.82) is 0 Å². The number of likely N-dealkylation sites (tertiary alicyclic amines) is 1. The van der Waals surface area contributed by atoms with E-state index < -0.39 is 17.6 Å². The van der Waals surface area contributed by atoms with Gasteiger partial charge in [-0.1, -0.05) is 0 Å². The summed E-state index contributed by atoms with van der Waals surface area (Å²) in [6.07, 6.45) is 1.91. The normalized spacial score (nSPS) is 26.3. The summed E-state index contributed by atoms with van der Waals surface area (Å²) in [5.41, 5.74) is -0.730. The molecular weight excluding hydrogens is 236 g/mol. The van der Waals surface area contributed by atoms with Crippen molar-refractivity contribution in [3.05, 3.63) is 0 Å². The molecule has 2 unspecified atom stereocenters. The summed E-state index contributed by atoms with van der Waals surface area (Å²) < 4.78 is 0. The third kappa shape index (κ3) is 3.60. The molecular formula is C12H22N2O4. The summed E-state index contributed by atoms with van der Waals surface area (Å²) in [5.74, 6) is -1.02. The minimum Gasteiger partial charge on any atom is -0.480 e. The van der Waals surface area contributed by atoms with Gasteiger partial charge in [-0.2, -0.15) is 0 Å². The van der Waals surface area contributed by atoms with E-state index in [1.807, 2.05) is 0 Å². The Labute approximate surface area is 107 Å². The van der Waals surface area contributed by atoms with Crippen molar-refractivity contribution in [2.45, 2.75) is 44.8 Å². The van der Waals surface area contributed by atoms with Gasteiger partial charge < -0.3 is 20.0 Å². The fourth-order valence-electron chi connectivity index (χ4n) is 2.01. The van der Waals surface area contributed by atoms with Gasteiger partial charge in [-0.3, -0.25) is 0 Å². The molecule has 6 heteroatoms. The van der Waals surface area contributed by atoms with Crippen LogP contribution in [0.2, 0.25) is 0 Å². The van der Waals surface area contributed by atoms with E-state index >= 15 is 0 Å². The lowest BCUT2D eigenvalue weighted by Gasteiger charge is -2.29. The third-order valence-corrected chi connectivity index (χ3v) is 3.57. The molecule has 1 fully saturated rings. The van der Waals surface area contributed by atoms with E-state index in [2.05, 4.69) is 0 Å². The van der Waals surface area contributed by atoms with Gasteiger partial charge >= 0.3 is 12.0 Å². The van der Waals surface area contributed by atoms with Crippen LogP contribution in [0.3, 0.4) is 0 Å². The molecule has 6 nitrogen and oxygen atoms in total. The SMILES string of the molecule is CC(C(=O)O)N(C)C(=O)N1CCCC(C)(O)CC1. The molecule has 2 N–H and O–H groups in total. The first-order chi connectivity index (χ1) is 8.24. The van der Waals surface area contributed by atoms with E-state index in [9.17, 15) is 14.7 Å². The molecule has 0 radical (unpaired) electrons. The zero-order valence-electron chi connectivity index (χ0n) is 11.2. The number of likely N-dealkylation sites (N-methyl/N-ethyl adjacent to an activating group) is 1. The van der Waals surface area contributed by atoms with Crippen LogP contribution in [0, 0.1) is 0 Å². The number of carboxylic acid groups (broad SMARTS) is 1. The number of amides is 2. The first-order valence-corrected chi connectivity index (χ1v) is 6.21. The largest absolute Gasteiger partial charge is 0.480 e. The lowest BCUT2D eigenvalue weighted by Crippen LogP contribution is -2.48. The maximum Gasteiger partial charge on any atom is 0.326 e. The molecule has 0 bridgehead atoms. The Morgan fingerprint density at radius 2 is 1.94 bits per heavy atom. The van der Waals surface area contributed by atoms with Crippen LogP contribution in [-0.4, -0.2) is 63.8 Å². The highest BCUT2D eigenvalue weighted by molar-refractivity contribution is 5.82. The van der Waals surface area contributed by atoms with Crippen molar-refractivity contribution >= 4 is 12.0 Å². The molecule has 0 aliphatic carbocycles. The number of urea groups is 1. The lowest BCUT2D eigenvalue weighted by atomic mass is 9.98. The molecule has 1 aliphatic rings. The molecule has 0 aromatic carbocycles. The molecule has 0 saturated carbocycles. The highest BCUT2D eigenvalue weighted by Gasteiger charge is 2.30. The number of aliphatic carboxylic acids is 1. The average molecular weight is 258 g/mol. The van der Waals surface area contributed by atoms with E-state index in [4.69, 9.17) is 5.11 Å². The maximum absolute atomic E-state index is 12.1. The van der Waals surface area contributed by atoms with Crippen molar-refractivity contribution < 1.29 is 19.8 Å². The van der Waals surface area contributed by atoms with E-state index in [0.717, 1.165) is 6.42 Å². The zero-order chi connectivity index (χ0) is 13.9. The number of carboxylic acids is 1. The van der Waals surface area contributed by atoms with Crippen molar-refractivity contribution in [3.63, 3.8) is 0 Å². The summed E-state index contributed by atoms with van der Waals surface area (Å²) in [7, 11) is 1.49. The van der Waals surface area contributed by atoms with Crippen LogP contribution in [0.5, 0.6) is 0 Å². The smallest absolute Gasteiger partial charge is 0.326 e. The Bertz CT molecular complexity index is 330. The molecule has 18 heavy (non-hydrogen) atoms. The Kier molecular flexibility index (Phi) is 4.56. The van der Waals surface area contributed by atoms with Gasteiger partial charge in [0.15, 0.2) is 0 Å². The van der Waals surface area contributed by atoms with Crippen LogP contribution in [0.4, 0.5) is 4.79 Å². The standard InChI is InChI=1S/C12H22N2O4/c1-9(10(15)16)13(3)11(17)14-7-4-5-12(2,18)6-8-14/h9,18H,4-8H2,1-3H3,(H,15,16). The number of aliphatic hydroxyl groups is 1. The number of carbonyl (C=O) groups is 2. The van der Waals surface area contributed by atoms with Crippen LogP contribution in [0.15, 0.2) is 0 Å². The van der Waals surface area contributed by atoms with E-state index in [1.54, 1.807) is 11.8 Å². The van der Waals surface area contributed by atoms with Crippen LogP contribution in [-0.2, 0) is 4.79 Å². The fourth-order valence-corrected chi connectivity index (χ4v) is 2.01. The molecule has 1 heterocycles. The van der Waals surface area contributed by atoms with Gasteiger partial charge in [-0.05, 0) is 33.1 Å². The van der Waals surface area contributed by atoms with Crippen LogP contribution >= 0.6 is 0 Å². The first-order valence-electron chi connectivity index (χ1n) is 6.21. The minimum absolute atomic E-state index is 0.289. The molecule has 0 aromatic rings. The van der Waals surface area contributed by atoms with E-state index in [0.29, 0.717) is 25.9 Å². The molecule has 1 saturated heterocycles. The number of carbonyl (C=O) groups excluding carboxylic acids is 1. The first kappa shape index (κ1) is 14.8. The second-order valence-corrected chi connectivity index (χ2v) is 5.25. The van der Waals surface area contributed by atoms with Gasteiger partial charge in [0.05, 0.1) is 5.60 Å². The lowest BCUT2D eigenvalue weighted by molar-refractivity contribution is -0.141. The molecule has 0 aromatic heterocycles. The Balaban J connectivity index is 2.64. The van der Waals surface area contributed by atoms with Crippen LogP contribution in [0.1, 0.15) is 33.1 Å². The number of rotatable bonds is 2. The minimum atomic E-state index is -1.02. The Morgan fingerprint density at radius 1 is 1.33 bits per heavy atom. The van der Waals surface area contributed by atoms with Gasteiger partial charge in [-0.15, -0.1) is 0 Å². The van der Waals surface area contributed by atoms with Gasteiger partial charge in [0, 0.05) is 20.1 Å². The highest BCUT2D eigenvalue weighted by Crippen LogP contribution is 2.22.